The predicted molar refractivity (Wildman–Crippen MR) is 98.3 cm³/mol. The summed E-state index contributed by atoms with van der Waals surface area (Å²) in [4.78, 5) is 11.9. The first-order chi connectivity index (χ1) is 11.5. The van der Waals surface area contributed by atoms with Crippen molar-refractivity contribution >= 4 is 16.7 Å². The predicted octanol–water partition coefficient (Wildman–Crippen LogP) is 5.29. The van der Waals surface area contributed by atoms with Crippen LogP contribution in [0.15, 0.2) is 54.6 Å². The Labute approximate surface area is 144 Å². The molecule has 2 aromatic rings. The maximum atomic E-state index is 11.9. The van der Waals surface area contributed by atoms with Crippen molar-refractivity contribution in [3.8, 4) is 5.75 Å². The van der Waals surface area contributed by atoms with Crippen LogP contribution in [0, 0.1) is 0 Å². The van der Waals surface area contributed by atoms with Gasteiger partial charge in [-0.1, -0.05) is 50.8 Å². The number of benzene rings is 2. The van der Waals surface area contributed by atoms with Gasteiger partial charge in [0, 0.05) is 12.0 Å². The van der Waals surface area contributed by atoms with E-state index in [1.807, 2.05) is 38.1 Å². The molecule has 0 amide bonds. The highest BCUT2D eigenvalue weighted by Gasteiger charge is 2.30. The van der Waals surface area contributed by atoms with Gasteiger partial charge in [0.1, 0.15) is 11.4 Å². The van der Waals surface area contributed by atoms with E-state index in [-0.39, 0.29) is 5.97 Å². The van der Waals surface area contributed by atoms with Crippen molar-refractivity contribution in [2.24, 2.45) is 0 Å². The molecule has 0 fully saturated rings. The van der Waals surface area contributed by atoms with Crippen LogP contribution in [-0.2, 0) is 9.53 Å². The number of fused-ring (bicyclic) bond motifs is 1. The number of hydrogen-bond donors (Lipinski definition) is 0. The Morgan fingerprint density at radius 1 is 1.08 bits per heavy atom. The average Bonchev–Trinajstić information content (AvgIpc) is 2.60. The van der Waals surface area contributed by atoms with Crippen molar-refractivity contribution in [1.82, 2.24) is 0 Å². The normalized spacial score (nSPS) is 11.3. The van der Waals surface area contributed by atoms with E-state index in [1.165, 1.54) is 5.39 Å². The van der Waals surface area contributed by atoms with Gasteiger partial charge in [0.2, 0.25) is 0 Å². The standard InChI is InChI=1S/C21H26O3/c1-5-21(6-2,24-20(22)16(3)4)13-14-23-19-12-11-17-9-7-8-10-18(17)15-19/h7-12,15H,3,5-6,13-14H2,1-2,4H3. The van der Waals surface area contributed by atoms with E-state index in [1.54, 1.807) is 6.92 Å². The summed E-state index contributed by atoms with van der Waals surface area (Å²) in [7, 11) is 0. The van der Waals surface area contributed by atoms with Crippen LogP contribution in [0.4, 0.5) is 0 Å². The van der Waals surface area contributed by atoms with Crippen LogP contribution in [0.1, 0.15) is 40.0 Å². The Balaban J connectivity index is 2.00. The molecular weight excluding hydrogens is 300 g/mol. The lowest BCUT2D eigenvalue weighted by molar-refractivity contribution is -0.157. The lowest BCUT2D eigenvalue weighted by Gasteiger charge is -2.31. The fourth-order valence-corrected chi connectivity index (χ4v) is 2.69. The molecule has 0 aromatic heterocycles. The van der Waals surface area contributed by atoms with Gasteiger partial charge in [-0.3, -0.25) is 0 Å². The first kappa shape index (κ1) is 18.1. The maximum absolute atomic E-state index is 11.9. The SMILES string of the molecule is C=C(C)C(=O)OC(CC)(CC)CCOc1ccc2ccccc2c1. The highest BCUT2D eigenvalue weighted by molar-refractivity contribution is 5.87. The Hall–Kier alpha value is -2.29. The molecule has 2 rings (SSSR count). The van der Waals surface area contributed by atoms with E-state index in [4.69, 9.17) is 9.47 Å². The van der Waals surface area contributed by atoms with E-state index in [9.17, 15) is 4.79 Å². The van der Waals surface area contributed by atoms with Crippen LogP contribution in [-0.4, -0.2) is 18.2 Å². The molecule has 0 saturated heterocycles. The van der Waals surface area contributed by atoms with Gasteiger partial charge in [-0.2, -0.15) is 0 Å². The quantitative estimate of drug-likeness (QED) is 0.488. The Morgan fingerprint density at radius 3 is 2.38 bits per heavy atom. The van der Waals surface area contributed by atoms with Crippen molar-refractivity contribution in [2.45, 2.75) is 45.6 Å². The van der Waals surface area contributed by atoms with Crippen LogP contribution in [0.5, 0.6) is 5.75 Å². The van der Waals surface area contributed by atoms with E-state index >= 15 is 0 Å². The second-order valence-corrected chi connectivity index (χ2v) is 6.17. The molecule has 0 saturated carbocycles. The monoisotopic (exact) mass is 326 g/mol. The van der Waals surface area contributed by atoms with Gasteiger partial charge in [-0.15, -0.1) is 0 Å². The maximum Gasteiger partial charge on any atom is 0.333 e. The second-order valence-electron chi connectivity index (χ2n) is 6.17. The van der Waals surface area contributed by atoms with Crippen LogP contribution in [0.25, 0.3) is 10.8 Å². The van der Waals surface area contributed by atoms with Gasteiger partial charge in [-0.25, -0.2) is 4.79 Å². The number of carbonyl (C=O) groups excluding carboxylic acids is 1. The topological polar surface area (TPSA) is 35.5 Å². The molecule has 0 aliphatic carbocycles. The third kappa shape index (κ3) is 4.38. The second kappa shape index (κ2) is 8.00. The summed E-state index contributed by atoms with van der Waals surface area (Å²) in [5, 5.41) is 2.35. The van der Waals surface area contributed by atoms with Crippen molar-refractivity contribution in [3.63, 3.8) is 0 Å². The minimum atomic E-state index is -0.493. The number of carbonyl (C=O) groups is 1. The van der Waals surface area contributed by atoms with Crippen molar-refractivity contribution < 1.29 is 14.3 Å². The van der Waals surface area contributed by atoms with Crippen LogP contribution >= 0.6 is 0 Å². The zero-order chi connectivity index (χ0) is 17.6. The third-order valence-electron chi connectivity index (χ3n) is 4.49. The smallest absolute Gasteiger partial charge is 0.333 e. The average molecular weight is 326 g/mol. The summed E-state index contributed by atoms with van der Waals surface area (Å²) in [6.07, 6.45) is 2.17. The summed E-state index contributed by atoms with van der Waals surface area (Å²) < 4.78 is 11.6. The van der Waals surface area contributed by atoms with Gasteiger partial charge >= 0.3 is 5.97 Å². The summed E-state index contributed by atoms with van der Waals surface area (Å²) >= 11 is 0. The molecule has 0 aliphatic rings. The number of ether oxygens (including phenoxy) is 2. The molecule has 0 atom stereocenters. The van der Waals surface area contributed by atoms with Gasteiger partial charge < -0.3 is 9.47 Å². The first-order valence-corrected chi connectivity index (χ1v) is 8.50. The number of hydrogen-bond acceptors (Lipinski definition) is 3. The van der Waals surface area contributed by atoms with Gasteiger partial charge in [0.05, 0.1) is 6.61 Å². The van der Waals surface area contributed by atoms with Gasteiger partial charge in [0.25, 0.3) is 0 Å². The van der Waals surface area contributed by atoms with Crippen LogP contribution in [0.3, 0.4) is 0 Å². The molecule has 2 aromatic carbocycles. The summed E-state index contributed by atoms with van der Waals surface area (Å²) in [5.74, 6) is 0.505. The molecule has 0 N–H and O–H groups in total. The lowest BCUT2D eigenvalue weighted by Crippen LogP contribution is -2.35. The zero-order valence-electron chi connectivity index (χ0n) is 14.8. The highest BCUT2D eigenvalue weighted by atomic mass is 16.6. The Morgan fingerprint density at radius 2 is 1.75 bits per heavy atom. The molecule has 3 heteroatoms. The Kier molecular flexibility index (Phi) is 6.02. The molecule has 128 valence electrons. The van der Waals surface area contributed by atoms with Crippen LogP contribution < -0.4 is 4.74 Å². The van der Waals surface area contributed by atoms with Crippen molar-refractivity contribution in [2.75, 3.05) is 6.61 Å². The van der Waals surface area contributed by atoms with Gasteiger partial charge in [0.15, 0.2) is 0 Å². The Bertz CT molecular complexity index is 714. The van der Waals surface area contributed by atoms with Crippen molar-refractivity contribution in [3.05, 3.63) is 54.6 Å². The summed E-state index contributed by atoms with van der Waals surface area (Å²) in [6.45, 7) is 9.90. The molecule has 0 spiro atoms. The summed E-state index contributed by atoms with van der Waals surface area (Å²) in [6, 6.07) is 14.3. The molecule has 24 heavy (non-hydrogen) atoms. The first-order valence-electron chi connectivity index (χ1n) is 8.50. The molecule has 0 unspecified atom stereocenters. The lowest BCUT2D eigenvalue weighted by atomic mass is 9.93. The third-order valence-corrected chi connectivity index (χ3v) is 4.49. The van der Waals surface area contributed by atoms with E-state index in [0.717, 1.165) is 24.0 Å². The molecule has 0 heterocycles. The fraction of sp³-hybridized carbons (Fsp3) is 0.381. The van der Waals surface area contributed by atoms with E-state index in [2.05, 4.69) is 24.8 Å². The molecule has 0 radical (unpaired) electrons. The van der Waals surface area contributed by atoms with E-state index in [0.29, 0.717) is 18.6 Å². The summed E-state index contributed by atoms with van der Waals surface area (Å²) in [5.41, 5.74) is -0.0657. The molecule has 3 nitrogen and oxygen atoms in total. The molecular formula is C21H26O3. The number of rotatable bonds is 8. The minimum absolute atomic E-state index is 0.329. The largest absolute Gasteiger partial charge is 0.493 e. The molecule has 0 aliphatic heterocycles. The highest BCUT2D eigenvalue weighted by Crippen LogP contribution is 2.27. The fourth-order valence-electron chi connectivity index (χ4n) is 2.69. The zero-order valence-corrected chi connectivity index (χ0v) is 14.8. The van der Waals surface area contributed by atoms with Crippen LogP contribution in [0.2, 0.25) is 0 Å². The van der Waals surface area contributed by atoms with Gasteiger partial charge in [-0.05, 0) is 42.7 Å². The van der Waals surface area contributed by atoms with Crippen molar-refractivity contribution in [1.29, 1.82) is 0 Å². The van der Waals surface area contributed by atoms with E-state index < -0.39 is 5.60 Å². The minimum Gasteiger partial charge on any atom is -0.493 e. The molecule has 0 bridgehead atoms. The number of esters is 1.